The molecule has 2 aromatic rings. The van der Waals surface area contributed by atoms with Gasteiger partial charge >= 0.3 is 0 Å². The number of hydrogen-bond acceptors (Lipinski definition) is 4. The molecular formula is C12H18BrN5. The Hall–Kier alpha value is -1.14. The van der Waals surface area contributed by atoms with E-state index in [4.69, 9.17) is 5.73 Å². The van der Waals surface area contributed by atoms with Crippen molar-refractivity contribution in [3.63, 3.8) is 0 Å². The van der Waals surface area contributed by atoms with Crippen molar-refractivity contribution >= 4 is 27.5 Å². The lowest BCUT2D eigenvalue weighted by molar-refractivity contribution is 0.344. The van der Waals surface area contributed by atoms with E-state index in [-0.39, 0.29) is 11.5 Å². The molecule has 0 aliphatic heterocycles. The number of anilines is 1. The molecule has 0 aliphatic carbocycles. The van der Waals surface area contributed by atoms with Crippen molar-refractivity contribution in [1.29, 1.82) is 0 Å². The minimum Gasteiger partial charge on any atom is -0.348 e. The Morgan fingerprint density at radius 3 is 2.78 bits per heavy atom. The van der Waals surface area contributed by atoms with Crippen molar-refractivity contribution in [2.24, 2.45) is 11.1 Å². The topological polar surface area (TPSA) is 68.2 Å². The first-order valence-electron chi connectivity index (χ1n) is 5.89. The van der Waals surface area contributed by atoms with Crippen LogP contribution in [0.3, 0.4) is 0 Å². The van der Waals surface area contributed by atoms with Crippen LogP contribution in [0.1, 0.15) is 20.8 Å². The molecule has 0 amide bonds. The van der Waals surface area contributed by atoms with Crippen molar-refractivity contribution < 1.29 is 0 Å². The molecule has 0 fully saturated rings. The van der Waals surface area contributed by atoms with Crippen molar-refractivity contribution in [3.8, 4) is 0 Å². The number of nitrogens with zero attached hydrogens (tertiary/aromatic N) is 3. The molecule has 2 aromatic heterocycles. The molecule has 3 N–H and O–H groups in total. The Bertz CT molecular complexity index is 543. The van der Waals surface area contributed by atoms with E-state index < -0.39 is 0 Å². The van der Waals surface area contributed by atoms with Gasteiger partial charge < -0.3 is 11.1 Å². The molecule has 0 aromatic carbocycles. The normalized spacial score (nSPS) is 13.8. The minimum atomic E-state index is 0.0590. The van der Waals surface area contributed by atoms with Gasteiger partial charge in [0.15, 0.2) is 5.65 Å². The molecule has 1 atom stereocenters. The Kier molecular flexibility index (Phi) is 3.59. The van der Waals surface area contributed by atoms with E-state index in [0.717, 1.165) is 10.1 Å². The number of halogens is 1. The SMILES string of the molecule is CC(C)(C)C(CN)Nc1nc2c(Br)cccn2n1. The first kappa shape index (κ1) is 13.3. The van der Waals surface area contributed by atoms with Gasteiger partial charge in [0.05, 0.1) is 4.47 Å². The summed E-state index contributed by atoms with van der Waals surface area (Å²) in [6.45, 7) is 6.97. The second-order valence-electron chi connectivity index (χ2n) is 5.36. The van der Waals surface area contributed by atoms with Gasteiger partial charge in [0.25, 0.3) is 0 Å². The summed E-state index contributed by atoms with van der Waals surface area (Å²) in [6.07, 6.45) is 1.87. The summed E-state index contributed by atoms with van der Waals surface area (Å²) in [5, 5.41) is 7.68. The maximum atomic E-state index is 5.80. The molecule has 0 spiro atoms. The van der Waals surface area contributed by atoms with E-state index in [1.807, 2.05) is 18.3 Å². The average Bonchev–Trinajstić information content (AvgIpc) is 2.68. The molecule has 18 heavy (non-hydrogen) atoms. The molecule has 2 heterocycles. The molecule has 2 rings (SSSR count). The van der Waals surface area contributed by atoms with Crippen LogP contribution < -0.4 is 11.1 Å². The van der Waals surface area contributed by atoms with E-state index >= 15 is 0 Å². The van der Waals surface area contributed by atoms with E-state index in [9.17, 15) is 0 Å². The summed E-state index contributed by atoms with van der Waals surface area (Å²) in [5.41, 5.74) is 6.65. The highest BCUT2D eigenvalue weighted by Crippen LogP contribution is 2.22. The minimum absolute atomic E-state index is 0.0590. The largest absolute Gasteiger partial charge is 0.348 e. The van der Waals surface area contributed by atoms with Crippen molar-refractivity contribution in [2.75, 3.05) is 11.9 Å². The molecule has 0 bridgehead atoms. The Balaban J connectivity index is 2.29. The fraction of sp³-hybridized carbons (Fsp3) is 0.500. The zero-order valence-corrected chi connectivity index (χ0v) is 12.4. The summed E-state index contributed by atoms with van der Waals surface area (Å²) in [7, 11) is 0. The van der Waals surface area contributed by atoms with E-state index in [2.05, 4.69) is 52.1 Å². The fourth-order valence-corrected chi connectivity index (χ4v) is 2.14. The fourth-order valence-electron chi connectivity index (χ4n) is 1.72. The lowest BCUT2D eigenvalue weighted by Crippen LogP contribution is -2.40. The van der Waals surface area contributed by atoms with Crippen LogP contribution in [-0.2, 0) is 0 Å². The summed E-state index contributed by atoms with van der Waals surface area (Å²) in [5.74, 6) is 0.604. The van der Waals surface area contributed by atoms with Crippen LogP contribution in [0.4, 0.5) is 5.95 Å². The van der Waals surface area contributed by atoms with Crippen molar-refractivity contribution in [1.82, 2.24) is 14.6 Å². The molecular weight excluding hydrogens is 294 g/mol. The van der Waals surface area contributed by atoms with Crippen LogP contribution in [0.15, 0.2) is 22.8 Å². The van der Waals surface area contributed by atoms with Gasteiger partial charge in [-0.3, -0.25) is 0 Å². The molecule has 0 saturated carbocycles. The van der Waals surface area contributed by atoms with Gasteiger partial charge in [-0.2, -0.15) is 4.98 Å². The monoisotopic (exact) mass is 311 g/mol. The number of rotatable bonds is 3. The third-order valence-corrected chi connectivity index (χ3v) is 3.52. The summed E-state index contributed by atoms with van der Waals surface area (Å²) in [6, 6.07) is 3.99. The summed E-state index contributed by atoms with van der Waals surface area (Å²) in [4.78, 5) is 4.45. The van der Waals surface area contributed by atoms with Crippen LogP contribution in [0.5, 0.6) is 0 Å². The number of nitrogens with one attached hydrogen (secondary N) is 1. The van der Waals surface area contributed by atoms with Crippen molar-refractivity contribution in [3.05, 3.63) is 22.8 Å². The van der Waals surface area contributed by atoms with Gasteiger partial charge in [-0.15, -0.1) is 5.10 Å². The standard InChI is InChI=1S/C12H18BrN5/c1-12(2,3)9(7-14)15-11-16-10-8(13)5-4-6-18(10)17-11/h4-6,9H,7,14H2,1-3H3,(H,15,17). The Morgan fingerprint density at radius 2 is 2.22 bits per heavy atom. The van der Waals surface area contributed by atoms with Gasteiger partial charge in [0.1, 0.15) is 0 Å². The quantitative estimate of drug-likeness (QED) is 0.912. The second kappa shape index (κ2) is 4.85. The molecule has 98 valence electrons. The Labute approximate surface area is 115 Å². The third-order valence-electron chi connectivity index (χ3n) is 2.90. The first-order chi connectivity index (χ1) is 8.41. The third kappa shape index (κ3) is 2.64. The van der Waals surface area contributed by atoms with Gasteiger partial charge in [-0.1, -0.05) is 20.8 Å². The molecule has 0 radical (unpaired) electrons. The van der Waals surface area contributed by atoms with Crippen LogP contribution in [0.2, 0.25) is 0 Å². The van der Waals surface area contributed by atoms with Gasteiger partial charge in [0.2, 0.25) is 5.95 Å². The smallest absolute Gasteiger partial charge is 0.243 e. The lowest BCUT2D eigenvalue weighted by atomic mass is 9.87. The van der Waals surface area contributed by atoms with Gasteiger partial charge in [-0.05, 0) is 33.5 Å². The maximum Gasteiger partial charge on any atom is 0.243 e. The van der Waals surface area contributed by atoms with Gasteiger partial charge in [0, 0.05) is 18.8 Å². The number of pyridine rings is 1. The molecule has 0 aliphatic rings. The molecule has 6 heteroatoms. The zero-order valence-electron chi connectivity index (χ0n) is 10.8. The predicted octanol–water partition coefficient (Wildman–Crippen LogP) is 2.28. The van der Waals surface area contributed by atoms with E-state index in [1.54, 1.807) is 4.52 Å². The number of hydrogen-bond donors (Lipinski definition) is 2. The summed E-state index contributed by atoms with van der Waals surface area (Å²) < 4.78 is 2.66. The van der Waals surface area contributed by atoms with Crippen molar-refractivity contribution in [2.45, 2.75) is 26.8 Å². The first-order valence-corrected chi connectivity index (χ1v) is 6.68. The number of nitrogens with two attached hydrogens (primary N) is 1. The zero-order chi connectivity index (χ0) is 13.3. The van der Waals surface area contributed by atoms with Crippen LogP contribution in [0.25, 0.3) is 5.65 Å². The Morgan fingerprint density at radius 1 is 1.50 bits per heavy atom. The summed E-state index contributed by atoms with van der Waals surface area (Å²) >= 11 is 3.46. The maximum absolute atomic E-state index is 5.80. The molecule has 5 nitrogen and oxygen atoms in total. The van der Waals surface area contributed by atoms with Crippen LogP contribution in [0, 0.1) is 5.41 Å². The van der Waals surface area contributed by atoms with E-state index in [0.29, 0.717) is 12.5 Å². The average molecular weight is 312 g/mol. The molecule has 1 unspecified atom stereocenters. The number of fused-ring (bicyclic) bond motifs is 1. The van der Waals surface area contributed by atoms with E-state index in [1.165, 1.54) is 0 Å². The highest BCUT2D eigenvalue weighted by atomic mass is 79.9. The second-order valence-corrected chi connectivity index (χ2v) is 6.21. The lowest BCUT2D eigenvalue weighted by Gasteiger charge is -2.29. The predicted molar refractivity (Wildman–Crippen MR) is 76.6 cm³/mol. The number of aromatic nitrogens is 3. The van der Waals surface area contributed by atoms with Crippen LogP contribution >= 0.6 is 15.9 Å². The van der Waals surface area contributed by atoms with Gasteiger partial charge in [-0.25, -0.2) is 4.52 Å². The highest BCUT2D eigenvalue weighted by molar-refractivity contribution is 9.10. The van der Waals surface area contributed by atoms with Crippen LogP contribution in [-0.4, -0.2) is 27.2 Å². The highest BCUT2D eigenvalue weighted by Gasteiger charge is 2.24. The molecule has 0 saturated heterocycles.